The van der Waals surface area contributed by atoms with E-state index in [2.05, 4.69) is 31.6 Å². The van der Waals surface area contributed by atoms with Crippen LogP contribution in [0.3, 0.4) is 0 Å². The highest BCUT2D eigenvalue weighted by Gasteiger charge is 2.26. The molecule has 3 aromatic rings. The smallest absolute Gasteiger partial charge is 0.244 e. The Labute approximate surface area is 240 Å². The maximum atomic E-state index is 12.8. The first-order chi connectivity index (χ1) is 19.3. The molecule has 2 heterocycles. The van der Waals surface area contributed by atoms with Gasteiger partial charge >= 0.3 is 0 Å². The number of ether oxygens (including phenoxy) is 2. The van der Waals surface area contributed by atoms with Gasteiger partial charge in [0.1, 0.15) is 15.7 Å². The van der Waals surface area contributed by atoms with Gasteiger partial charge in [-0.2, -0.15) is 4.98 Å². The van der Waals surface area contributed by atoms with Crippen molar-refractivity contribution in [3.8, 4) is 5.75 Å². The minimum absolute atomic E-state index is 0.118. The van der Waals surface area contributed by atoms with Crippen LogP contribution in [0.4, 0.5) is 23.1 Å². The lowest BCUT2D eigenvalue weighted by Crippen LogP contribution is -2.43. The predicted molar refractivity (Wildman–Crippen MR) is 157 cm³/mol. The van der Waals surface area contributed by atoms with Crippen LogP contribution < -0.4 is 15.4 Å². The Kier molecular flexibility index (Phi) is 8.77. The quantitative estimate of drug-likeness (QED) is 0.370. The fourth-order valence-corrected chi connectivity index (χ4v) is 6.53. The summed E-state index contributed by atoms with van der Waals surface area (Å²) in [4.78, 5) is 11.6. The van der Waals surface area contributed by atoms with Crippen molar-refractivity contribution in [2.45, 2.75) is 36.6 Å². The molecular weight excluding hydrogens is 552 g/mol. The number of anilines is 4. The van der Waals surface area contributed by atoms with Crippen LogP contribution in [0.25, 0.3) is 0 Å². The minimum atomic E-state index is -3.69. The van der Waals surface area contributed by atoms with E-state index in [4.69, 9.17) is 21.1 Å². The number of fused-ring (bicyclic) bond motifs is 1. The second kappa shape index (κ2) is 12.3. The zero-order valence-electron chi connectivity index (χ0n) is 23.0. The van der Waals surface area contributed by atoms with Crippen molar-refractivity contribution in [1.29, 1.82) is 0 Å². The molecule has 40 heavy (non-hydrogen) atoms. The van der Waals surface area contributed by atoms with Crippen LogP contribution in [0, 0.1) is 0 Å². The summed E-state index contributed by atoms with van der Waals surface area (Å²) < 4.78 is 38.3. The van der Waals surface area contributed by atoms with E-state index in [1.165, 1.54) is 37.5 Å². The number of nitrogens with zero attached hydrogens (tertiary/aromatic N) is 4. The highest BCUT2D eigenvalue weighted by Crippen LogP contribution is 2.38. The molecular formula is C28H35ClN6O4S. The molecule has 1 aromatic heterocycles. The van der Waals surface area contributed by atoms with Gasteiger partial charge in [-0.15, -0.1) is 0 Å². The summed E-state index contributed by atoms with van der Waals surface area (Å²) in [7, 11) is 0.972. The second-order valence-electron chi connectivity index (χ2n) is 10.1. The number of aryl methyl sites for hydroxylation is 1. The van der Waals surface area contributed by atoms with Gasteiger partial charge in [-0.3, -0.25) is 4.90 Å². The number of morpholine rings is 1. The number of halogens is 1. The number of rotatable bonds is 8. The lowest BCUT2D eigenvalue weighted by Gasteiger charge is -2.34. The topological polar surface area (TPSA) is 109 Å². The van der Waals surface area contributed by atoms with Gasteiger partial charge in [0.05, 0.1) is 37.9 Å². The molecule has 214 valence electrons. The van der Waals surface area contributed by atoms with E-state index in [1.807, 2.05) is 6.07 Å². The Morgan fingerprint density at radius 1 is 1.05 bits per heavy atom. The van der Waals surface area contributed by atoms with E-state index in [-0.39, 0.29) is 15.7 Å². The van der Waals surface area contributed by atoms with Crippen LogP contribution in [0.1, 0.15) is 24.0 Å². The number of hydrogen-bond acceptors (Lipinski definition) is 9. The highest BCUT2D eigenvalue weighted by atomic mass is 35.5. The van der Waals surface area contributed by atoms with Crippen LogP contribution in [0.15, 0.2) is 47.5 Å². The Morgan fingerprint density at radius 2 is 1.80 bits per heavy atom. The molecule has 12 heteroatoms. The molecule has 0 amide bonds. The average molecular weight is 587 g/mol. The monoisotopic (exact) mass is 586 g/mol. The van der Waals surface area contributed by atoms with Crippen LogP contribution >= 0.6 is 11.6 Å². The maximum Gasteiger partial charge on any atom is 0.244 e. The molecule has 1 atom stereocenters. The Morgan fingerprint density at radius 3 is 2.55 bits per heavy atom. The molecule has 2 aliphatic rings. The second-order valence-corrected chi connectivity index (χ2v) is 12.6. The van der Waals surface area contributed by atoms with Gasteiger partial charge in [0.2, 0.25) is 16.0 Å². The van der Waals surface area contributed by atoms with Crippen LogP contribution in [0.5, 0.6) is 5.75 Å². The van der Waals surface area contributed by atoms with Gasteiger partial charge in [0, 0.05) is 33.2 Å². The zero-order valence-corrected chi connectivity index (χ0v) is 24.6. The van der Waals surface area contributed by atoms with Crippen molar-refractivity contribution in [1.82, 2.24) is 19.2 Å². The predicted octanol–water partition coefficient (Wildman–Crippen LogP) is 4.46. The highest BCUT2D eigenvalue weighted by molar-refractivity contribution is 7.89. The number of benzene rings is 2. The number of para-hydroxylation sites is 1. The summed E-state index contributed by atoms with van der Waals surface area (Å²) in [5.74, 6) is 1.37. The third-order valence-electron chi connectivity index (χ3n) is 7.49. The van der Waals surface area contributed by atoms with Gasteiger partial charge in [-0.05, 0) is 55.0 Å². The van der Waals surface area contributed by atoms with Crippen LogP contribution in [-0.2, 0) is 27.6 Å². The third kappa shape index (κ3) is 6.03. The summed E-state index contributed by atoms with van der Waals surface area (Å²) in [5, 5.41) is 6.62. The van der Waals surface area contributed by atoms with Crippen molar-refractivity contribution < 1.29 is 17.9 Å². The van der Waals surface area contributed by atoms with Crippen molar-refractivity contribution in [2.24, 2.45) is 0 Å². The normalized spacial score (nSPS) is 18.2. The first-order valence-electron chi connectivity index (χ1n) is 13.4. The van der Waals surface area contributed by atoms with E-state index in [0.717, 1.165) is 67.7 Å². The SMILES string of the molecule is COc1c(Nc2ncc(Cl)c(Nc3ccccc3S(=O)(=O)N(C)C)n2)ccc2c1CCC(N1CCOCC1)CC2. The molecule has 1 unspecified atom stereocenters. The zero-order chi connectivity index (χ0) is 28.3. The largest absolute Gasteiger partial charge is 0.494 e. The third-order valence-corrected chi connectivity index (χ3v) is 9.64. The fourth-order valence-electron chi connectivity index (χ4n) is 5.35. The molecule has 1 aliphatic heterocycles. The van der Waals surface area contributed by atoms with Crippen LogP contribution in [-0.4, -0.2) is 81.1 Å². The molecule has 1 aliphatic carbocycles. The molecule has 2 N–H and O–H groups in total. The molecule has 1 fully saturated rings. The molecule has 10 nitrogen and oxygen atoms in total. The number of aromatic nitrogens is 2. The molecule has 0 radical (unpaired) electrons. The average Bonchev–Trinajstić information content (AvgIpc) is 3.18. The molecule has 0 bridgehead atoms. The molecule has 5 rings (SSSR count). The van der Waals surface area contributed by atoms with Crippen molar-refractivity contribution in [3.05, 3.63) is 58.7 Å². The van der Waals surface area contributed by atoms with E-state index >= 15 is 0 Å². The Bertz CT molecular complexity index is 1460. The van der Waals surface area contributed by atoms with E-state index in [9.17, 15) is 8.42 Å². The molecule has 1 saturated heterocycles. The lowest BCUT2D eigenvalue weighted by molar-refractivity contribution is 0.0136. The van der Waals surface area contributed by atoms with E-state index in [0.29, 0.717) is 17.7 Å². The first kappa shape index (κ1) is 28.6. The Balaban J connectivity index is 1.38. The van der Waals surface area contributed by atoms with Crippen LogP contribution in [0.2, 0.25) is 5.02 Å². The fraction of sp³-hybridized carbons (Fsp3) is 0.429. The minimum Gasteiger partial charge on any atom is -0.494 e. The van der Waals surface area contributed by atoms with Crippen molar-refractivity contribution in [2.75, 3.05) is 58.1 Å². The number of hydrogen-bond donors (Lipinski definition) is 2. The summed E-state index contributed by atoms with van der Waals surface area (Å²) >= 11 is 6.42. The molecule has 0 spiro atoms. The summed E-state index contributed by atoms with van der Waals surface area (Å²) in [6, 6.07) is 11.3. The van der Waals surface area contributed by atoms with Gasteiger partial charge in [-0.25, -0.2) is 17.7 Å². The number of sulfonamides is 1. The maximum absolute atomic E-state index is 12.8. The van der Waals surface area contributed by atoms with E-state index in [1.54, 1.807) is 25.3 Å². The molecule has 2 aromatic carbocycles. The Hall–Kier alpha value is -2.96. The number of nitrogens with one attached hydrogen (secondary N) is 2. The summed E-state index contributed by atoms with van der Waals surface area (Å²) in [6.07, 6.45) is 5.57. The van der Waals surface area contributed by atoms with Crippen molar-refractivity contribution >= 4 is 44.8 Å². The standard InChI is InChI=1S/C28H35ClN6O4S/c1-34(2)40(36,37)25-7-5-4-6-23(25)31-27-22(29)18-30-28(33-27)32-24-13-9-19-8-10-20(35-14-16-39-17-15-35)11-12-21(19)26(24)38-3/h4-7,9,13,18,20H,8,10-12,14-17H2,1-3H3,(H2,30,31,32,33). The summed E-state index contributed by atoms with van der Waals surface area (Å²) in [5.41, 5.74) is 3.63. The van der Waals surface area contributed by atoms with E-state index < -0.39 is 10.0 Å². The summed E-state index contributed by atoms with van der Waals surface area (Å²) in [6.45, 7) is 3.58. The first-order valence-corrected chi connectivity index (χ1v) is 15.2. The lowest BCUT2D eigenvalue weighted by atomic mass is 10.0. The number of methoxy groups -OCH3 is 1. The van der Waals surface area contributed by atoms with Gasteiger partial charge in [0.25, 0.3) is 0 Å². The van der Waals surface area contributed by atoms with Gasteiger partial charge in [-0.1, -0.05) is 29.8 Å². The van der Waals surface area contributed by atoms with Gasteiger partial charge < -0.3 is 20.1 Å². The van der Waals surface area contributed by atoms with Gasteiger partial charge in [0.15, 0.2) is 5.82 Å². The van der Waals surface area contributed by atoms with Crippen molar-refractivity contribution in [3.63, 3.8) is 0 Å². The molecule has 0 saturated carbocycles.